The minimum Gasteiger partial charge on any atom is -0.212 e. The number of sulfonamides is 1. The van der Waals surface area contributed by atoms with Gasteiger partial charge in [0.1, 0.15) is 0 Å². The van der Waals surface area contributed by atoms with E-state index in [0.717, 1.165) is 6.42 Å². The lowest BCUT2D eigenvalue weighted by molar-refractivity contribution is 0.534. The van der Waals surface area contributed by atoms with E-state index in [2.05, 4.69) is 10.6 Å². The SMILES string of the molecule is C#CCC(CC)NS(=O)(=O)CC(C)C. The van der Waals surface area contributed by atoms with E-state index in [1.54, 1.807) is 0 Å². The van der Waals surface area contributed by atoms with Gasteiger partial charge in [0, 0.05) is 12.5 Å². The highest BCUT2D eigenvalue weighted by Gasteiger charge is 2.16. The van der Waals surface area contributed by atoms with Gasteiger partial charge in [-0.1, -0.05) is 20.8 Å². The van der Waals surface area contributed by atoms with Crippen LogP contribution in [0.15, 0.2) is 0 Å². The second-order valence-electron chi connectivity index (χ2n) is 3.81. The molecule has 82 valence electrons. The van der Waals surface area contributed by atoms with E-state index < -0.39 is 10.0 Å². The zero-order valence-corrected chi connectivity index (χ0v) is 9.89. The van der Waals surface area contributed by atoms with E-state index in [4.69, 9.17) is 6.42 Å². The molecule has 0 aromatic rings. The fourth-order valence-electron chi connectivity index (χ4n) is 1.15. The monoisotopic (exact) mass is 217 g/mol. The van der Waals surface area contributed by atoms with E-state index in [-0.39, 0.29) is 17.7 Å². The average molecular weight is 217 g/mol. The van der Waals surface area contributed by atoms with Gasteiger partial charge >= 0.3 is 0 Å². The lowest BCUT2D eigenvalue weighted by Crippen LogP contribution is -2.36. The second-order valence-corrected chi connectivity index (χ2v) is 5.61. The first-order valence-corrected chi connectivity index (χ1v) is 6.50. The van der Waals surface area contributed by atoms with Crippen molar-refractivity contribution in [3.8, 4) is 12.3 Å². The van der Waals surface area contributed by atoms with Gasteiger partial charge in [-0.3, -0.25) is 0 Å². The van der Waals surface area contributed by atoms with Crippen LogP contribution in [0.2, 0.25) is 0 Å². The summed E-state index contributed by atoms with van der Waals surface area (Å²) >= 11 is 0. The van der Waals surface area contributed by atoms with Crippen LogP contribution in [0.25, 0.3) is 0 Å². The maximum Gasteiger partial charge on any atom is 0.212 e. The maximum absolute atomic E-state index is 11.5. The Morgan fingerprint density at radius 3 is 2.36 bits per heavy atom. The molecule has 4 heteroatoms. The third-order valence-corrected chi connectivity index (χ3v) is 3.55. The summed E-state index contributed by atoms with van der Waals surface area (Å²) in [5.41, 5.74) is 0. The van der Waals surface area contributed by atoms with Crippen molar-refractivity contribution in [3.05, 3.63) is 0 Å². The molecule has 0 aromatic carbocycles. The maximum atomic E-state index is 11.5. The van der Waals surface area contributed by atoms with Gasteiger partial charge in [0.05, 0.1) is 5.75 Å². The largest absolute Gasteiger partial charge is 0.212 e. The van der Waals surface area contributed by atoms with Gasteiger partial charge in [-0.2, -0.15) is 0 Å². The van der Waals surface area contributed by atoms with Gasteiger partial charge in [0.15, 0.2) is 0 Å². The summed E-state index contributed by atoms with van der Waals surface area (Å²) in [6, 6.07) is -0.122. The normalized spacial score (nSPS) is 13.9. The lowest BCUT2D eigenvalue weighted by Gasteiger charge is -2.15. The molecule has 0 radical (unpaired) electrons. The van der Waals surface area contributed by atoms with E-state index in [1.165, 1.54) is 0 Å². The van der Waals surface area contributed by atoms with Crippen LogP contribution < -0.4 is 4.72 Å². The van der Waals surface area contributed by atoms with E-state index in [1.807, 2.05) is 20.8 Å². The number of hydrogen-bond acceptors (Lipinski definition) is 2. The molecule has 3 nitrogen and oxygen atoms in total. The number of terminal acetylenes is 1. The molecule has 1 atom stereocenters. The van der Waals surface area contributed by atoms with Crippen LogP contribution in [0.1, 0.15) is 33.6 Å². The summed E-state index contributed by atoms with van der Waals surface area (Å²) in [6.45, 7) is 5.67. The zero-order chi connectivity index (χ0) is 11.2. The van der Waals surface area contributed by atoms with Crippen molar-refractivity contribution < 1.29 is 8.42 Å². The molecule has 0 heterocycles. The van der Waals surface area contributed by atoms with E-state index in [9.17, 15) is 8.42 Å². The van der Waals surface area contributed by atoms with Crippen LogP contribution in [0.4, 0.5) is 0 Å². The Kier molecular flexibility index (Phi) is 5.82. The van der Waals surface area contributed by atoms with Crippen molar-refractivity contribution in [2.24, 2.45) is 5.92 Å². The highest BCUT2D eigenvalue weighted by Crippen LogP contribution is 2.03. The molecule has 1 unspecified atom stereocenters. The van der Waals surface area contributed by atoms with Crippen molar-refractivity contribution in [1.29, 1.82) is 0 Å². The molecule has 1 N–H and O–H groups in total. The zero-order valence-electron chi connectivity index (χ0n) is 9.08. The summed E-state index contributed by atoms with van der Waals surface area (Å²) in [5.74, 6) is 2.76. The topological polar surface area (TPSA) is 46.2 Å². The van der Waals surface area contributed by atoms with Gasteiger partial charge in [-0.05, 0) is 12.3 Å². The van der Waals surface area contributed by atoms with Gasteiger partial charge in [-0.25, -0.2) is 13.1 Å². The van der Waals surface area contributed by atoms with Gasteiger partial charge in [0.25, 0.3) is 0 Å². The minimum atomic E-state index is -3.16. The van der Waals surface area contributed by atoms with Gasteiger partial charge in [-0.15, -0.1) is 12.3 Å². The molecule has 0 spiro atoms. The standard InChI is InChI=1S/C10H19NO2S/c1-5-7-10(6-2)11-14(12,13)8-9(3)4/h1,9-11H,6-8H2,2-4H3. The molecule has 14 heavy (non-hydrogen) atoms. The molecule has 0 aliphatic heterocycles. The molecule has 0 rings (SSSR count). The number of nitrogens with one attached hydrogen (secondary N) is 1. The molecule has 0 amide bonds. The van der Waals surface area contributed by atoms with Crippen molar-refractivity contribution in [2.75, 3.05) is 5.75 Å². The molecule has 0 fully saturated rings. The Morgan fingerprint density at radius 2 is 2.00 bits per heavy atom. The fourth-order valence-corrected chi connectivity index (χ4v) is 2.88. The Bertz CT molecular complexity index is 288. The molecule has 0 aromatic heterocycles. The first kappa shape index (κ1) is 13.5. The quantitative estimate of drug-likeness (QED) is 0.683. The molecule has 0 aliphatic carbocycles. The number of rotatable bonds is 6. The van der Waals surface area contributed by atoms with Crippen LogP contribution in [0, 0.1) is 18.3 Å². The summed E-state index contributed by atoms with van der Waals surface area (Å²) in [4.78, 5) is 0. The van der Waals surface area contributed by atoms with Gasteiger partial charge in [0.2, 0.25) is 10.0 Å². The van der Waals surface area contributed by atoms with Crippen LogP contribution in [-0.4, -0.2) is 20.2 Å². The summed E-state index contributed by atoms with van der Waals surface area (Å²) in [5, 5.41) is 0. The molecule has 0 aliphatic rings. The third-order valence-electron chi connectivity index (χ3n) is 1.76. The van der Waals surface area contributed by atoms with Crippen LogP contribution in [0.5, 0.6) is 0 Å². The molecule has 0 saturated heterocycles. The van der Waals surface area contributed by atoms with Crippen molar-refractivity contribution in [1.82, 2.24) is 4.72 Å². The van der Waals surface area contributed by atoms with E-state index in [0.29, 0.717) is 6.42 Å². The van der Waals surface area contributed by atoms with Crippen molar-refractivity contribution >= 4 is 10.0 Å². The first-order valence-electron chi connectivity index (χ1n) is 4.84. The Morgan fingerprint density at radius 1 is 1.43 bits per heavy atom. The fraction of sp³-hybridized carbons (Fsp3) is 0.800. The summed E-state index contributed by atoms with van der Waals surface area (Å²) < 4.78 is 25.6. The second kappa shape index (κ2) is 6.05. The average Bonchev–Trinajstić information content (AvgIpc) is 2.00. The predicted octanol–water partition coefficient (Wildman–Crippen LogP) is 1.36. The van der Waals surface area contributed by atoms with Crippen LogP contribution >= 0.6 is 0 Å². The third kappa shape index (κ3) is 6.01. The number of hydrogen-bond donors (Lipinski definition) is 1. The van der Waals surface area contributed by atoms with Crippen molar-refractivity contribution in [2.45, 2.75) is 39.7 Å². The summed E-state index contributed by atoms with van der Waals surface area (Å²) in [7, 11) is -3.16. The van der Waals surface area contributed by atoms with Gasteiger partial charge < -0.3 is 0 Å². The van der Waals surface area contributed by atoms with E-state index >= 15 is 0 Å². The highest BCUT2D eigenvalue weighted by atomic mass is 32.2. The Hall–Kier alpha value is -0.530. The van der Waals surface area contributed by atoms with Crippen molar-refractivity contribution in [3.63, 3.8) is 0 Å². The predicted molar refractivity (Wildman–Crippen MR) is 59.3 cm³/mol. The highest BCUT2D eigenvalue weighted by molar-refractivity contribution is 7.89. The Labute approximate surface area is 87.3 Å². The Balaban J connectivity index is 4.27. The van der Waals surface area contributed by atoms with Crippen LogP contribution in [0.3, 0.4) is 0 Å². The molecular weight excluding hydrogens is 198 g/mol. The smallest absolute Gasteiger partial charge is 0.212 e. The molecule has 0 saturated carbocycles. The first-order chi connectivity index (χ1) is 6.41. The van der Waals surface area contributed by atoms with Crippen LogP contribution in [-0.2, 0) is 10.0 Å². The molecule has 0 bridgehead atoms. The lowest BCUT2D eigenvalue weighted by atomic mass is 10.2. The minimum absolute atomic E-state index is 0.122. The molecular formula is C10H19NO2S. The summed E-state index contributed by atoms with van der Waals surface area (Å²) in [6.07, 6.45) is 6.32.